The van der Waals surface area contributed by atoms with E-state index < -0.39 is 0 Å². The van der Waals surface area contributed by atoms with E-state index in [-0.39, 0.29) is 24.8 Å². The number of nitrogens with zero attached hydrogens (tertiary/aromatic N) is 2. The van der Waals surface area contributed by atoms with Crippen molar-refractivity contribution in [3.05, 3.63) is 36.4 Å². The lowest BCUT2D eigenvalue weighted by Crippen LogP contribution is -2.39. The van der Waals surface area contributed by atoms with E-state index in [1.807, 2.05) is 25.2 Å². The number of imidazole rings is 1. The molecule has 1 aliphatic heterocycles. The van der Waals surface area contributed by atoms with Crippen LogP contribution in [0.25, 0.3) is 0 Å². The van der Waals surface area contributed by atoms with E-state index in [1.54, 1.807) is 17.1 Å². The number of hydrogen-bond donors (Lipinski definition) is 1. The number of aromatic nitrogens is 2. The molecule has 2 aromatic rings. The van der Waals surface area contributed by atoms with Crippen molar-refractivity contribution in [3.8, 4) is 17.2 Å². The molecule has 2 heterocycles. The van der Waals surface area contributed by atoms with Crippen LogP contribution in [-0.4, -0.2) is 34.4 Å². The predicted molar refractivity (Wildman–Crippen MR) is 89.9 cm³/mol. The molecular weight excluding hydrogens is 322 g/mol. The molecule has 1 aromatic heterocycles. The molecule has 1 fully saturated rings. The Morgan fingerprint density at radius 3 is 2.80 bits per heavy atom. The van der Waals surface area contributed by atoms with Crippen molar-refractivity contribution < 1.29 is 19.0 Å². The Hall–Kier alpha value is -2.70. The first kappa shape index (κ1) is 15.8. The molecule has 132 valence electrons. The summed E-state index contributed by atoms with van der Waals surface area (Å²) >= 11 is 0. The molecule has 1 aliphatic carbocycles. The molecule has 7 heteroatoms. The van der Waals surface area contributed by atoms with Gasteiger partial charge in [-0.25, -0.2) is 4.98 Å². The number of nitrogens with one attached hydrogen (secondary N) is 1. The topological polar surface area (TPSA) is 74.6 Å². The number of aryl methyl sites for hydroxylation is 1. The molecule has 25 heavy (non-hydrogen) atoms. The molecule has 0 unspecified atom stereocenters. The summed E-state index contributed by atoms with van der Waals surface area (Å²) in [7, 11) is 1.85. The van der Waals surface area contributed by atoms with Crippen LogP contribution in [0.2, 0.25) is 0 Å². The monoisotopic (exact) mass is 343 g/mol. The van der Waals surface area contributed by atoms with Gasteiger partial charge in [-0.15, -0.1) is 0 Å². The molecule has 1 aromatic carbocycles. The van der Waals surface area contributed by atoms with Gasteiger partial charge in [0.15, 0.2) is 11.5 Å². The molecule has 1 amide bonds. The number of fused-ring (bicyclic) bond motifs is 1. The van der Waals surface area contributed by atoms with Gasteiger partial charge in [0.2, 0.25) is 6.79 Å². The highest BCUT2D eigenvalue weighted by Gasteiger charge is 2.25. The third kappa shape index (κ3) is 3.55. The zero-order chi connectivity index (χ0) is 17.2. The largest absolute Gasteiger partial charge is 0.490 e. The Morgan fingerprint density at radius 2 is 2.04 bits per heavy atom. The van der Waals surface area contributed by atoms with Crippen LogP contribution in [0.15, 0.2) is 30.7 Å². The van der Waals surface area contributed by atoms with Crippen LogP contribution >= 0.6 is 0 Å². The van der Waals surface area contributed by atoms with Crippen LogP contribution in [-0.2, 0) is 7.05 Å². The van der Waals surface area contributed by atoms with E-state index >= 15 is 0 Å². The molecule has 0 radical (unpaired) electrons. The Labute approximate surface area is 145 Å². The predicted octanol–water partition coefficient (Wildman–Crippen LogP) is 2.27. The quantitative estimate of drug-likeness (QED) is 0.922. The van der Waals surface area contributed by atoms with E-state index in [2.05, 4.69) is 10.3 Å². The molecule has 4 rings (SSSR count). The van der Waals surface area contributed by atoms with Crippen molar-refractivity contribution in [2.75, 3.05) is 6.79 Å². The number of carbonyl (C=O) groups excluding carboxylic acids is 1. The van der Waals surface area contributed by atoms with E-state index in [0.29, 0.717) is 5.69 Å². The maximum absolute atomic E-state index is 12.2. The molecule has 7 nitrogen and oxygen atoms in total. The molecular formula is C18H21N3O4. The van der Waals surface area contributed by atoms with Crippen molar-refractivity contribution in [1.82, 2.24) is 14.9 Å². The Kier molecular flexibility index (Phi) is 4.21. The van der Waals surface area contributed by atoms with E-state index in [9.17, 15) is 4.79 Å². The van der Waals surface area contributed by atoms with Gasteiger partial charge in [-0.05, 0) is 37.8 Å². The standard InChI is InChI=1S/C18H21N3O4/c1-21-9-15(19-10-21)18(22)20-12-2-4-13(5-3-12)25-14-6-7-16-17(8-14)24-11-23-16/h6-10,12-13H,2-5,11H2,1H3,(H,20,22). The second-order valence-corrected chi connectivity index (χ2v) is 6.50. The number of amides is 1. The zero-order valence-electron chi connectivity index (χ0n) is 14.1. The first-order valence-electron chi connectivity index (χ1n) is 8.52. The molecule has 2 aliphatic rings. The van der Waals surface area contributed by atoms with E-state index in [1.165, 1.54) is 0 Å². The molecule has 1 N–H and O–H groups in total. The summed E-state index contributed by atoms with van der Waals surface area (Å²) in [5.41, 5.74) is 0.459. The first-order valence-corrected chi connectivity index (χ1v) is 8.52. The van der Waals surface area contributed by atoms with Crippen molar-refractivity contribution in [1.29, 1.82) is 0 Å². The van der Waals surface area contributed by atoms with Crippen molar-refractivity contribution in [3.63, 3.8) is 0 Å². The number of carbonyl (C=O) groups is 1. The highest BCUT2D eigenvalue weighted by molar-refractivity contribution is 5.92. The average Bonchev–Trinajstić information content (AvgIpc) is 3.25. The van der Waals surface area contributed by atoms with Crippen LogP contribution in [0.5, 0.6) is 17.2 Å². The fourth-order valence-corrected chi connectivity index (χ4v) is 3.26. The van der Waals surface area contributed by atoms with Crippen LogP contribution in [0.1, 0.15) is 36.2 Å². The SMILES string of the molecule is Cn1cnc(C(=O)NC2CCC(Oc3ccc4c(c3)OCO4)CC2)c1. The smallest absolute Gasteiger partial charge is 0.271 e. The van der Waals surface area contributed by atoms with Gasteiger partial charge in [-0.3, -0.25) is 4.79 Å². The summed E-state index contributed by atoms with van der Waals surface area (Å²) in [6.07, 6.45) is 7.11. The van der Waals surface area contributed by atoms with Gasteiger partial charge in [0.05, 0.1) is 12.4 Å². The second kappa shape index (κ2) is 6.66. The minimum absolute atomic E-state index is 0.110. The summed E-state index contributed by atoms with van der Waals surface area (Å²) in [5.74, 6) is 2.17. The summed E-state index contributed by atoms with van der Waals surface area (Å²) in [6, 6.07) is 5.82. The maximum atomic E-state index is 12.2. The third-order valence-corrected chi connectivity index (χ3v) is 4.59. The Morgan fingerprint density at radius 1 is 1.24 bits per heavy atom. The Bertz CT molecular complexity index is 765. The number of rotatable bonds is 4. The minimum atomic E-state index is -0.110. The summed E-state index contributed by atoms with van der Waals surface area (Å²) in [6.45, 7) is 0.264. The molecule has 0 saturated heterocycles. The molecule has 1 saturated carbocycles. The normalized spacial score (nSPS) is 21.8. The van der Waals surface area contributed by atoms with Crippen molar-refractivity contribution in [2.24, 2.45) is 7.05 Å². The maximum Gasteiger partial charge on any atom is 0.271 e. The number of ether oxygens (including phenoxy) is 3. The summed E-state index contributed by atoms with van der Waals surface area (Å²) < 4.78 is 18.5. The van der Waals surface area contributed by atoms with Gasteiger partial charge in [0.1, 0.15) is 11.4 Å². The van der Waals surface area contributed by atoms with Crippen LogP contribution in [0.3, 0.4) is 0 Å². The van der Waals surface area contributed by atoms with Gasteiger partial charge in [0.25, 0.3) is 5.91 Å². The number of benzene rings is 1. The fraction of sp³-hybridized carbons (Fsp3) is 0.444. The van der Waals surface area contributed by atoms with Crippen LogP contribution < -0.4 is 19.5 Å². The molecule has 0 spiro atoms. The highest BCUT2D eigenvalue weighted by Crippen LogP contribution is 2.36. The lowest BCUT2D eigenvalue weighted by molar-refractivity contribution is 0.0889. The van der Waals surface area contributed by atoms with Crippen molar-refractivity contribution >= 4 is 5.91 Å². The fourth-order valence-electron chi connectivity index (χ4n) is 3.26. The van der Waals surface area contributed by atoms with Gasteiger partial charge >= 0.3 is 0 Å². The van der Waals surface area contributed by atoms with Crippen molar-refractivity contribution in [2.45, 2.75) is 37.8 Å². The number of hydrogen-bond acceptors (Lipinski definition) is 5. The van der Waals surface area contributed by atoms with Gasteiger partial charge < -0.3 is 24.1 Å². The zero-order valence-corrected chi connectivity index (χ0v) is 14.1. The Balaban J connectivity index is 1.27. The third-order valence-electron chi connectivity index (χ3n) is 4.59. The van der Waals surface area contributed by atoms with E-state index in [4.69, 9.17) is 14.2 Å². The second-order valence-electron chi connectivity index (χ2n) is 6.50. The first-order chi connectivity index (χ1) is 12.2. The van der Waals surface area contributed by atoms with Gasteiger partial charge in [-0.2, -0.15) is 0 Å². The van der Waals surface area contributed by atoms with Crippen LogP contribution in [0.4, 0.5) is 0 Å². The minimum Gasteiger partial charge on any atom is -0.490 e. The van der Waals surface area contributed by atoms with Crippen LogP contribution in [0, 0.1) is 0 Å². The summed E-state index contributed by atoms with van der Waals surface area (Å²) in [4.78, 5) is 16.2. The lowest BCUT2D eigenvalue weighted by atomic mass is 9.93. The average molecular weight is 343 g/mol. The molecule has 0 bridgehead atoms. The molecule has 0 atom stereocenters. The van der Waals surface area contributed by atoms with E-state index in [0.717, 1.165) is 42.9 Å². The van der Waals surface area contributed by atoms with Gasteiger partial charge in [-0.1, -0.05) is 0 Å². The lowest BCUT2D eigenvalue weighted by Gasteiger charge is -2.29. The highest BCUT2D eigenvalue weighted by atomic mass is 16.7. The summed E-state index contributed by atoms with van der Waals surface area (Å²) in [5, 5.41) is 3.06. The van der Waals surface area contributed by atoms with Gasteiger partial charge in [0, 0.05) is 25.4 Å².